The Hall–Kier alpha value is -2.86. The minimum Gasteiger partial charge on any atom is -0.465 e. The molecule has 1 saturated heterocycles. The van der Waals surface area contributed by atoms with Crippen molar-refractivity contribution < 1.29 is 9.90 Å². The van der Waals surface area contributed by atoms with E-state index in [4.69, 9.17) is 4.98 Å². The molecular formula is C25H30N4O2. The average Bonchev–Trinajstić information content (AvgIpc) is 3.19. The molecule has 2 N–H and O–H groups in total. The number of fused-ring (bicyclic) bond motifs is 3. The van der Waals surface area contributed by atoms with Gasteiger partial charge in [-0.15, -0.1) is 0 Å². The van der Waals surface area contributed by atoms with Crippen LogP contribution in [0.3, 0.4) is 0 Å². The van der Waals surface area contributed by atoms with Crippen molar-refractivity contribution >= 4 is 22.8 Å². The zero-order valence-electron chi connectivity index (χ0n) is 18.2. The number of benzene rings is 2. The van der Waals surface area contributed by atoms with Gasteiger partial charge in [0.25, 0.3) is 0 Å². The fourth-order valence-electron chi connectivity index (χ4n) is 5.35. The zero-order valence-corrected chi connectivity index (χ0v) is 18.2. The van der Waals surface area contributed by atoms with Crippen molar-refractivity contribution in [1.29, 1.82) is 0 Å². The largest absolute Gasteiger partial charge is 0.465 e. The highest BCUT2D eigenvalue weighted by atomic mass is 16.4. The number of hydrogen-bond donors (Lipinski definition) is 2. The minimum absolute atomic E-state index is 0.0170. The third kappa shape index (κ3) is 3.39. The van der Waals surface area contributed by atoms with Crippen molar-refractivity contribution in [3.05, 3.63) is 59.4 Å². The quantitative estimate of drug-likeness (QED) is 0.633. The molecule has 0 bridgehead atoms. The minimum atomic E-state index is -0.886. The van der Waals surface area contributed by atoms with Crippen LogP contribution in [0.2, 0.25) is 0 Å². The van der Waals surface area contributed by atoms with E-state index in [9.17, 15) is 9.90 Å². The first-order chi connectivity index (χ1) is 15.1. The molecule has 1 amide bonds. The second kappa shape index (κ2) is 8.00. The lowest BCUT2D eigenvalue weighted by Gasteiger charge is -2.33. The predicted molar refractivity (Wildman–Crippen MR) is 123 cm³/mol. The van der Waals surface area contributed by atoms with Crippen LogP contribution in [0, 0.1) is 0 Å². The first-order valence-electron chi connectivity index (χ1n) is 11.4. The number of amides is 1. The van der Waals surface area contributed by atoms with E-state index in [1.54, 1.807) is 0 Å². The van der Waals surface area contributed by atoms with E-state index in [1.807, 2.05) is 19.1 Å². The zero-order chi connectivity index (χ0) is 21.5. The molecule has 0 radical (unpaired) electrons. The molecule has 0 spiro atoms. The standard InChI is InChI=1S/C25H30N4O2/c1-16-8-9-20-21(28(16)25(30)31)10-11-22-23(20)27-24(17(2)18-6-4-3-5-7-18)29(22)19-12-14-26-15-13-19/h3-7,10-11,16-17,19,26H,8-9,12-15H2,1-2H3,(H,30,31)/t16?,17-/m0/s1. The summed E-state index contributed by atoms with van der Waals surface area (Å²) in [7, 11) is 0. The third-order valence-electron chi connectivity index (χ3n) is 7.05. The molecule has 1 fully saturated rings. The number of carbonyl (C=O) groups is 1. The van der Waals surface area contributed by atoms with Crippen LogP contribution in [-0.4, -0.2) is 39.9 Å². The second-order valence-electron chi connectivity index (χ2n) is 8.92. The van der Waals surface area contributed by atoms with E-state index in [0.717, 1.165) is 66.9 Å². The molecule has 5 rings (SSSR count). The maximum absolute atomic E-state index is 12.0. The summed E-state index contributed by atoms with van der Waals surface area (Å²) in [6.45, 7) is 6.24. The summed E-state index contributed by atoms with van der Waals surface area (Å²) in [5.41, 5.74) is 5.25. The van der Waals surface area contributed by atoms with Crippen molar-refractivity contribution in [1.82, 2.24) is 14.9 Å². The number of nitrogens with zero attached hydrogens (tertiary/aromatic N) is 3. The Balaban J connectivity index is 1.71. The van der Waals surface area contributed by atoms with Crippen molar-refractivity contribution in [3.8, 4) is 0 Å². The number of imidazole rings is 1. The van der Waals surface area contributed by atoms with Crippen LogP contribution in [0.25, 0.3) is 11.0 Å². The van der Waals surface area contributed by atoms with E-state index >= 15 is 0 Å². The Morgan fingerprint density at radius 2 is 1.87 bits per heavy atom. The Morgan fingerprint density at radius 3 is 2.58 bits per heavy atom. The third-order valence-corrected chi connectivity index (χ3v) is 7.05. The van der Waals surface area contributed by atoms with Crippen molar-refractivity contribution in [2.45, 2.75) is 57.5 Å². The van der Waals surface area contributed by atoms with Gasteiger partial charge in [0.15, 0.2) is 0 Å². The molecule has 0 saturated carbocycles. The monoisotopic (exact) mass is 418 g/mol. The maximum Gasteiger partial charge on any atom is 0.412 e. The van der Waals surface area contributed by atoms with E-state index < -0.39 is 6.09 Å². The molecule has 2 aliphatic rings. The van der Waals surface area contributed by atoms with Crippen LogP contribution in [0.15, 0.2) is 42.5 Å². The molecule has 2 aliphatic heterocycles. The highest BCUT2D eigenvalue weighted by Gasteiger charge is 2.32. The van der Waals surface area contributed by atoms with Gasteiger partial charge in [0.2, 0.25) is 0 Å². The number of piperidine rings is 1. The number of anilines is 1. The molecule has 0 aliphatic carbocycles. The fraction of sp³-hybridized carbons (Fsp3) is 0.440. The van der Waals surface area contributed by atoms with Crippen LogP contribution in [0.5, 0.6) is 0 Å². The summed E-state index contributed by atoms with van der Waals surface area (Å²) >= 11 is 0. The summed E-state index contributed by atoms with van der Waals surface area (Å²) in [4.78, 5) is 18.7. The molecular weight excluding hydrogens is 388 g/mol. The summed E-state index contributed by atoms with van der Waals surface area (Å²) in [6.07, 6.45) is 2.95. The van der Waals surface area contributed by atoms with Gasteiger partial charge >= 0.3 is 6.09 Å². The molecule has 6 nitrogen and oxygen atoms in total. The van der Waals surface area contributed by atoms with E-state index in [-0.39, 0.29) is 12.0 Å². The highest BCUT2D eigenvalue weighted by Crippen LogP contribution is 2.40. The summed E-state index contributed by atoms with van der Waals surface area (Å²) in [6, 6.07) is 15.0. The SMILES string of the molecule is CC1CCc2c(ccc3c2nc([C@@H](C)c2ccccc2)n3C2CCNCC2)N1C(=O)O. The average molecular weight is 419 g/mol. The number of hydrogen-bond acceptors (Lipinski definition) is 3. The molecule has 31 heavy (non-hydrogen) atoms. The van der Waals surface area contributed by atoms with Crippen LogP contribution >= 0.6 is 0 Å². The molecule has 1 aromatic heterocycles. The van der Waals surface area contributed by atoms with E-state index in [0.29, 0.717) is 6.04 Å². The van der Waals surface area contributed by atoms with Gasteiger partial charge in [-0.2, -0.15) is 0 Å². The maximum atomic E-state index is 12.0. The number of rotatable bonds is 3. The topological polar surface area (TPSA) is 70.4 Å². The molecule has 2 atom stereocenters. The molecule has 3 heterocycles. The van der Waals surface area contributed by atoms with Gasteiger partial charge in [0, 0.05) is 23.6 Å². The van der Waals surface area contributed by atoms with Gasteiger partial charge in [-0.1, -0.05) is 37.3 Å². The van der Waals surface area contributed by atoms with Crippen molar-refractivity contribution in [3.63, 3.8) is 0 Å². The Labute approximate surface area is 182 Å². The van der Waals surface area contributed by atoms with E-state index in [2.05, 4.69) is 47.1 Å². The van der Waals surface area contributed by atoms with Crippen LogP contribution in [0.1, 0.15) is 62.0 Å². The van der Waals surface area contributed by atoms with Crippen LogP contribution in [0.4, 0.5) is 10.5 Å². The van der Waals surface area contributed by atoms with Crippen molar-refractivity contribution in [2.24, 2.45) is 0 Å². The number of carboxylic acid groups (broad SMARTS) is 1. The first kappa shape index (κ1) is 20.1. The van der Waals surface area contributed by atoms with Gasteiger partial charge in [0.1, 0.15) is 5.82 Å². The second-order valence-corrected chi connectivity index (χ2v) is 8.92. The lowest BCUT2D eigenvalue weighted by molar-refractivity contribution is 0.198. The van der Waals surface area contributed by atoms with Gasteiger partial charge in [-0.25, -0.2) is 9.78 Å². The normalized spacial score (nSPS) is 20.6. The van der Waals surface area contributed by atoms with Gasteiger partial charge in [-0.05, 0) is 63.4 Å². The highest BCUT2D eigenvalue weighted by molar-refractivity contribution is 5.94. The lowest BCUT2D eigenvalue weighted by atomic mass is 9.95. The first-order valence-corrected chi connectivity index (χ1v) is 11.4. The number of nitrogens with one attached hydrogen (secondary N) is 1. The summed E-state index contributed by atoms with van der Waals surface area (Å²) < 4.78 is 2.46. The lowest BCUT2D eigenvalue weighted by Crippen LogP contribution is -2.41. The molecule has 1 unspecified atom stereocenters. The predicted octanol–water partition coefficient (Wildman–Crippen LogP) is 4.93. The van der Waals surface area contributed by atoms with Crippen molar-refractivity contribution in [2.75, 3.05) is 18.0 Å². The van der Waals surface area contributed by atoms with Gasteiger partial charge in [-0.3, -0.25) is 4.90 Å². The molecule has 162 valence electrons. The molecule has 3 aromatic rings. The number of aryl methyl sites for hydroxylation is 1. The molecule has 2 aromatic carbocycles. The van der Waals surface area contributed by atoms with Crippen LogP contribution < -0.4 is 10.2 Å². The fourth-order valence-corrected chi connectivity index (χ4v) is 5.35. The van der Waals surface area contributed by atoms with E-state index in [1.165, 1.54) is 10.5 Å². The summed E-state index contributed by atoms with van der Waals surface area (Å²) in [5, 5.41) is 13.3. The van der Waals surface area contributed by atoms with Gasteiger partial charge < -0.3 is 15.0 Å². The Morgan fingerprint density at radius 1 is 1.13 bits per heavy atom. The number of aromatic nitrogens is 2. The van der Waals surface area contributed by atoms with Gasteiger partial charge in [0.05, 0.1) is 16.7 Å². The Bertz CT molecular complexity index is 1100. The molecule has 6 heteroatoms. The summed E-state index contributed by atoms with van der Waals surface area (Å²) in [5.74, 6) is 1.25. The Kier molecular flexibility index (Phi) is 5.18. The smallest absolute Gasteiger partial charge is 0.412 e. The van der Waals surface area contributed by atoms with Crippen LogP contribution in [-0.2, 0) is 6.42 Å².